The van der Waals surface area contributed by atoms with Gasteiger partial charge >= 0.3 is 0 Å². The molecule has 0 aliphatic heterocycles. The van der Waals surface area contributed by atoms with Crippen LogP contribution < -0.4 is 0 Å². The highest BCUT2D eigenvalue weighted by Gasteiger charge is 2.17. The quantitative estimate of drug-likeness (QED) is 0.885. The molecule has 1 atom stereocenters. The molecule has 0 spiro atoms. The van der Waals surface area contributed by atoms with Crippen LogP contribution in [0.25, 0.3) is 0 Å². The number of aliphatic hydroxyl groups excluding tert-OH is 1. The molecule has 0 saturated heterocycles. The zero-order chi connectivity index (χ0) is 12.1. The van der Waals surface area contributed by atoms with Gasteiger partial charge in [0.15, 0.2) is 0 Å². The maximum absolute atomic E-state index is 10.00. The minimum absolute atomic E-state index is 0.207. The molecule has 0 amide bonds. The van der Waals surface area contributed by atoms with Crippen LogP contribution in [0.15, 0.2) is 28.7 Å². The maximum atomic E-state index is 10.00. The normalized spacial score (nSPS) is 18.5. The monoisotopic (exact) mass is 314 g/mol. The second kappa shape index (κ2) is 6.81. The van der Waals surface area contributed by atoms with Crippen LogP contribution in [0.4, 0.5) is 0 Å². The molecule has 1 fully saturated rings. The molecule has 1 aliphatic carbocycles. The summed E-state index contributed by atoms with van der Waals surface area (Å²) in [6.45, 7) is 0. The van der Waals surface area contributed by atoms with Crippen molar-refractivity contribution in [3.8, 4) is 0 Å². The lowest BCUT2D eigenvalue weighted by Crippen LogP contribution is -2.15. The molecular weight excluding hydrogens is 296 g/mol. The Balaban J connectivity index is 1.72. The van der Waals surface area contributed by atoms with Crippen molar-refractivity contribution in [3.63, 3.8) is 0 Å². The van der Waals surface area contributed by atoms with E-state index in [-0.39, 0.29) is 6.10 Å². The number of thioether (sulfide) groups is 1. The van der Waals surface area contributed by atoms with Crippen molar-refractivity contribution in [2.75, 3.05) is 5.75 Å². The first kappa shape index (κ1) is 13.4. The maximum Gasteiger partial charge on any atom is 0.0670 e. The van der Waals surface area contributed by atoms with Crippen molar-refractivity contribution in [2.24, 2.45) is 0 Å². The zero-order valence-electron chi connectivity index (χ0n) is 9.94. The van der Waals surface area contributed by atoms with E-state index >= 15 is 0 Å². The lowest BCUT2D eigenvalue weighted by Gasteiger charge is -2.13. The van der Waals surface area contributed by atoms with E-state index in [4.69, 9.17) is 0 Å². The highest BCUT2D eigenvalue weighted by molar-refractivity contribution is 9.10. The van der Waals surface area contributed by atoms with Crippen molar-refractivity contribution in [1.82, 2.24) is 0 Å². The second-order valence-electron chi connectivity index (χ2n) is 4.72. The molecule has 0 heterocycles. The van der Waals surface area contributed by atoms with Crippen molar-refractivity contribution in [1.29, 1.82) is 0 Å². The SMILES string of the molecule is OC(CSC1CCCC1)Cc1ccc(Br)cc1. The summed E-state index contributed by atoms with van der Waals surface area (Å²) in [5.41, 5.74) is 1.22. The molecule has 1 aliphatic rings. The Morgan fingerprint density at radius 1 is 1.24 bits per heavy atom. The van der Waals surface area contributed by atoms with Gasteiger partial charge in [-0.25, -0.2) is 0 Å². The molecular formula is C14H19BrOS. The molecule has 0 aromatic heterocycles. The summed E-state index contributed by atoms with van der Waals surface area (Å²) in [5.74, 6) is 0.876. The lowest BCUT2D eigenvalue weighted by atomic mass is 10.1. The van der Waals surface area contributed by atoms with Gasteiger partial charge < -0.3 is 5.11 Å². The van der Waals surface area contributed by atoms with Gasteiger partial charge in [0.05, 0.1) is 6.10 Å². The van der Waals surface area contributed by atoms with Gasteiger partial charge in [-0.1, -0.05) is 40.9 Å². The molecule has 1 aromatic rings. The van der Waals surface area contributed by atoms with Gasteiger partial charge in [0.2, 0.25) is 0 Å². The summed E-state index contributed by atoms with van der Waals surface area (Å²) in [5, 5.41) is 10.8. The van der Waals surface area contributed by atoms with Crippen LogP contribution >= 0.6 is 27.7 Å². The first-order valence-corrected chi connectivity index (χ1v) is 8.12. The van der Waals surface area contributed by atoms with Gasteiger partial charge in [-0.05, 0) is 37.0 Å². The first-order valence-electron chi connectivity index (χ1n) is 6.28. The lowest BCUT2D eigenvalue weighted by molar-refractivity contribution is 0.200. The topological polar surface area (TPSA) is 20.2 Å². The molecule has 1 saturated carbocycles. The molecule has 1 aromatic carbocycles. The van der Waals surface area contributed by atoms with Crippen LogP contribution in [0.2, 0.25) is 0 Å². The van der Waals surface area contributed by atoms with Crippen LogP contribution in [-0.2, 0) is 6.42 Å². The molecule has 94 valence electrons. The summed E-state index contributed by atoms with van der Waals surface area (Å²) in [6, 6.07) is 8.22. The summed E-state index contributed by atoms with van der Waals surface area (Å²) in [7, 11) is 0. The molecule has 0 bridgehead atoms. The number of hydrogen-bond donors (Lipinski definition) is 1. The van der Waals surface area contributed by atoms with Crippen molar-refractivity contribution >= 4 is 27.7 Å². The smallest absolute Gasteiger partial charge is 0.0670 e. The Morgan fingerprint density at radius 3 is 2.53 bits per heavy atom. The van der Waals surface area contributed by atoms with Gasteiger partial charge in [-0.3, -0.25) is 0 Å². The molecule has 0 radical (unpaired) electrons. The molecule has 3 heteroatoms. The Hall–Kier alpha value is 0.01000. The minimum atomic E-state index is -0.207. The fourth-order valence-corrected chi connectivity index (χ4v) is 3.80. The molecule has 2 rings (SSSR count). The van der Waals surface area contributed by atoms with Crippen LogP contribution in [0.5, 0.6) is 0 Å². The van der Waals surface area contributed by atoms with E-state index in [2.05, 4.69) is 28.1 Å². The summed E-state index contributed by atoms with van der Waals surface area (Å²) in [6.07, 6.45) is 6.00. The second-order valence-corrected chi connectivity index (χ2v) is 6.97. The predicted molar refractivity (Wildman–Crippen MR) is 78.6 cm³/mol. The third-order valence-electron chi connectivity index (χ3n) is 3.21. The zero-order valence-corrected chi connectivity index (χ0v) is 12.3. The average molecular weight is 315 g/mol. The number of benzene rings is 1. The highest BCUT2D eigenvalue weighted by atomic mass is 79.9. The third kappa shape index (κ3) is 4.65. The van der Waals surface area contributed by atoms with E-state index in [1.54, 1.807) is 0 Å². The van der Waals surface area contributed by atoms with E-state index < -0.39 is 0 Å². The fourth-order valence-electron chi connectivity index (χ4n) is 2.25. The average Bonchev–Trinajstić information content (AvgIpc) is 2.83. The van der Waals surface area contributed by atoms with Crippen LogP contribution in [0.3, 0.4) is 0 Å². The Morgan fingerprint density at radius 2 is 1.88 bits per heavy atom. The number of hydrogen-bond acceptors (Lipinski definition) is 2. The van der Waals surface area contributed by atoms with E-state index in [9.17, 15) is 5.11 Å². The van der Waals surface area contributed by atoms with Crippen LogP contribution in [0.1, 0.15) is 31.2 Å². The number of halogens is 1. The van der Waals surface area contributed by atoms with E-state index in [0.29, 0.717) is 0 Å². The Labute approximate surface area is 116 Å². The van der Waals surface area contributed by atoms with Gasteiger partial charge in [-0.15, -0.1) is 0 Å². The summed E-state index contributed by atoms with van der Waals surface area (Å²) < 4.78 is 1.09. The van der Waals surface area contributed by atoms with E-state index in [1.165, 1.54) is 31.2 Å². The molecule has 1 unspecified atom stereocenters. The summed E-state index contributed by atoms with van der Waals surface area (Å²) in [4.78, 5) is 0. The summed E-state index contributed by atoms with van der Waals surface area (Å²) >= 11 is 5.38. The predicted octanol–water partition coefficient (Wildman–Crippen LogP) is 4.03. The first-order chi connectivity index (χ1) is 8.24. The van der Waals surface area contributed by atoms with Gasteiger partial charge in [0.1, 0.15) is 0 Å². The van der Waals surface area contributed by atoms with E-state index in [0.717, 1.165) is 21.9 Å². The Kier molecular flexibility index (Phi) is 5.39. The standard InChI is InChI=1S/C14H19BrOS/c15-12-7-5-11(6-8-12)9-13(16)10-17-14-3-1-2-4-14/h5-8,13-14,16H,1-4,9-10H2. The fraction of sp³-hybridized carbons (Fsp3) is 0.571. The van der Waals surface area contributed by atoms with Gasteiger partial charge in [0.25, 0.3) is 0 Å². The third-order valence-corrected chi connectivity index (χ3v) is 5.26. The molecule has 17 heavy (non-hydrogen) atoms. The van der Waals surface area contributed by atoms with Crippen molar-refractivity contribution in [3.05, 3.63) is 34.3 Å². The molecule has 1 N–H and O–H groups in total. The van der Waals surface area contributed by atoms with Crippen molar-refractivity contribution in [2.45, 2.75) is 43.5 Å². The minimum Gasteiger partial charge on any atom is -0.392 e. The van der Waals surface area contributed by atoms with Crippen molar-refractivity contribution < 1.29 is 5.11 Å². The largest absolute Gasteiger partial charge is 0.392 e. The Bertz CT molecular complexity index is 333. The van der Waals surface area contributed by atoms with Gasteiger partial charge in [0, 0.05) is 15.5 Å². The van der Waals surface area contributed by atoms with Crippen LogP contribution in [-0.4, -0.2) is 22.2 Å². The highest BCUT2D eigenvalue weighted by Crippen LogP contribution is 2.30. The molecule has 1 nitrogen and oxygen atoms in total. The number of aliphatic hydroxyl groups is 1. The van der Waals surface area contributed by atoms with E-state index in [1.807, 2.05) is 23.9 Å². The van der Waals surface area contributed by atoms with Gasteiger partial charge in [-0.2, -0.15) is 11.8 Å². The number of rotatable bonds is 5. The van der Waals surface area contributed by atoms with Crippen LogP contribution in [0, 0.1) is 0 Å².